The molecule has 0 unspecified atom stereocenters. The van der Waals surface area contributed by atoms with E-state index in [4.69, 9.17) is 5.26 Å². The highest BCUT2D eigenvalue weighted by molar-refractivity contribution is 5.92. The topological polar surface area (TPSA) is 62.1 Å². The van der Waals surface area contributed by atoms with Gasteiger partial charge in [-0.25, -0.2) is 4.79 Å². The third kappa shape index (κ3) is 3.46. The fraction of sp³-hybridized carbons (Fsp3) is 0.167. The van der Waals surface area contributed by atoms with E-state index in [-0.39, 0.29) is 5.57 Å². The molecular weight excluding hydrogens is 204 g/mol. The summed E-state index contributed by atoms with van der Waals surface area (Å²) in [7, 11) is 1.24. The van der Waals surface area contributed by atoms with E-state index in [0.717, 1.165) is 5.56 Å². The van der Waals surface area contributed by atoms with E-state index >= 15 is 0 Å². The van der Waals surface area contributed by atoms with Crippen LogP contribution in [0.25, 0.3) is 0 Å². The number of carbonyl (C=O) groups excluding carboxylic acids is 1. The van der Waals surface area contributed by atoms with Crippen LogP contribution in [0.4, 0.5) is 0 Å². The van der Waals surface area contributed by atoms with Gasteiger partial charge in [-0.3, -0.25) is 0 Å². The number of esters is 1. The maximum atomic E-state index is 11.0. The van der Waals surface area contributed by atoms with Crippen molar-refractivity contribution in [3.05, 3.63) is 47.7 Å². The zero-order valence-electron chi connectivity index (χ0n) is 8.93. The lowest BCUT2D eigenvalue weighted by Crippen LogP contribution is -2.10. The number of nitrogens with zero attached hydrogens (tertiary/aromatic N) is 1. The molecule has 4 heteroatoms. The molecule has 0 bridgehead atoms. The Morgan fingerprint density at radius 2 is 2.19 bits per heavy atom. The molecular formula is C12H12N2O2. The lowest BCUT2D eigenvalue weighted by molar-refractivity contribution is -0.135. The van der Waals surface area contributed by atoms with Crippen molar-refractivity contribution in [3.63, 3.8) is 0 Å². The first-order valence-corrected chi connectivity index (χ1v) is 4.74. The van der Waals surface area contributed by atoms with Gasteiger partial charge in [-0.15, -0.1) is 0 Å². The van der Waals surface area contributed by atoms with Crippen LogP contribution in [0.1, 0.15) is 5.56 Å². The molecule has 0 aliphatic heterocycles. The third-order valence-electron chi connectivity index (χ3n) is 1.92. The molecule has 1 N–H and O–H groups in total. The van der Waals surface area contributed by atoms with Crippen molar-refractivity contribution in [1.29, 1.82) is 5.26 Å². The number of nitrogens with one attached hydrogen (secondary N) is 1. The van der Waals surface area contributed by atoms with Gasteiger partial charge in [-0.1, -0.05) is 30.3 Å². The van der Waals surface area contributed by atoms with Crippen molar-refractivity contribution in [2.45, 2.75) is 6.54 Å². The summed E-state index contributed by atoms with van der Waals surface area (Å²) in [6, 6.07) is 11.4. The van der Waals surface area contributed by atoms with Crippen molar-refractivity contribution in [2.75, 3.05) is 7.11 Å². The Kier molecular flexibility index (Phi) is 4.61. The summed E-state index contributed by atoms with van der Waals surface area (Å²) in [6.45, 7) is 0.559. The zero-order valence-corrected chi connectivity index (χ0v) is 8.93. The molecule has 1 rings (SSSR count). The molecule has 0 fully saturated rings. The molecule has 0 atom stereocenters. The van der Waals surface area contributed by atoms with Crippen molar-refractivity contribution in [3.8, 4) is 6.07 Å². The molecule has 0 aliphatic carbocycles. The average molecular weight is 216 g/mol. The molecule has 1 aromatic carbocycles. The number of hydrogen-bond acceptors (Lipinski definition) is 4. The number of nitriles is 1. The van der Waals surface area contributed by atoms with Crippen LogP contribution >= 0.6 is 0 Å². The molecule has 0 saturated heterocycles. The second-order valence-corrected chi connectivity index (χ2v) is 3.03. The minimum atomic E-state index is -0.636. The highest BCUT2D eigenvalue weighted by Gasteiger charge is 2.07. The number of rotatable bonds is 4. The molecule has 0 spiro atoms. The Balaban J connectivity index is 2.54. The van der Waals surface area contributed by atoms with Gasteiger partial charge in [-0.05, 0) is 5.56 Å². The highest BCUT2D eigenvalue weighted by atomic mass is 16.5. The minimum Gasteiger partial charge on any atom is -0.465 e. The van der Waals surface area contributed by atoms with E-state index in [1.807, 2.05) is 30.3 Å². The van der Waals surface area contributed by atoms with Crippen LogP contribution < -0.4 is 5.32 Å². The van der Waals surface area contributed by atoms with E-state index < -0.39 is 5.97 Å². The normalized spacial score (nSPS) is 10.4. The standard InChI is InChI=1S/C12H12N2O2/c1-16-12(15)11(7-13)9-14-8-10-5-3-2-4-6-10/h2-6,9,14H,8H2,1H3/b11-9+. The fourth-order valence-corrected chi connectivity index (χ4v) is 1.11. The number of carbonyl (C=O) groups is 1. The van der Waals surface area contributed by atoms with Crippen LogP contribution in [0.3, 0.4) is 0 Å². The van der Waals surface area contributed by atoms with Crippen LogP contribution in [0.2, 0.25) is 0 Å². The maximum Gasteiger partial charge on any atom is 0.350 e. The third-order valence-corrected chi connectivity index (χ3v) is 1.92. The van der Waals surface area contributed by atoms with Crippen LogP contribution in [0.5, 0.6) is 0 Å². The summed E-state index contributed by atoms with van der Waals surface area (Å²) < 4.78 is 4.44. The van der Waals surface area contributed by atoms with Gasteiger partial charge in [0, 0.05) is 12.7 Å². The predicted octanol–water partition coefficient (Wildman–Crippen LogP) is 1.36. The maximum absolute atomic E-state index is 11.0. The Morgan fingerprint density at radius 3 is 2.75 bits per heavy atom. The van der Waals surface area contributed by atoms with Gasteiger partial charge in [0.1, 0.15) is 6.07 Å². The van der Waals surface area contributed by atoms with Crippen LogP contribution in [-0.2, 0) is 16.1 Å². The SMILES string of the molecule is COC(=O)/C(C#N)=C/NCc1ccccc1. The summed E-state index contributed by atoms with van der Waals surface area (Å²) in [6.07, 6.45) is 1.36. The molecule has 0 aromatic heterocycles. The average Bonchev–Trinajstić information content (AvgIpc) is 2.35. The number of ether oxygens (including phenoxy) is 1. The van der Waals surface area contributed by atoms with Crippen LogP contribution in [-0.4, -0.2) is 13.1 Å². The van der Waals surface area contributed by atoms with Gasteiger partial charge < -0.3 is 10.1 Å². The summed E-state index contributed by atoms with van der Waals surface area (Å²) >= 11 is 0. The van der Waals surface area contributed by atoms with E-state index in [0.29, 0.717) is 6.54 Å². The monoisotopic (exact) mass is 216 g/mol. The summed E-state index contributed by atoms with van der Waals surface area (Å²) in [5.41, 5.74) is 1.03. The molecule has 0 aliphatic rings. The Hall–Kier alpha value is -2.28. The molecule has 4 nitrogen and oxygen atoms in total. The van der Waals surface area contributed by atoms with Crippen molar-refractivity contribution < 1.29 is 9.53 Å². The molecule has 82 valence electrons. The van der Waals surface area contributed by atoms with Crippen LogP contribution in [0.15, 0.2) is 42.1 Å². The molecule has 16 heavy (non-hydrogen) atoms. The number of hydrogen-bond donors (Lipinski definition) is 1. The molecule has 0 saturated carbocycles. The van der Waals surface area contributed by atoms with E-state index in [9.17, 15) is 4.79 Å². The number of benzene rings is 1. The second-order valence-electron chi connectivity index (χ2n) is 3.03. The van der Waals surface area contributed by atoms with Crippen LogP contribution in [0, 0.1) is 11.3 Å². The van der Waals surface area contributed by atoms with E-state index in [1.54, 1.807) is 6.07 Å². The molecule has 1 aromatic rings. The first-order chi connectivity index (χ1) is 7.77. The lowest BCUT2D eigenvalue weighted by Gasteiger charge is -2.01. The Labute approximate surface area is 94.1 Å². The lowest BCUT2D eigenvalue weighted by atomic mass is 10.2. The van der Waals surface area contributed by atoms with Crippen molar-refractivity contribution in [2.24, 2.45) is 0 Å². The van der Waals surface area contributed by atoms with E-state index in [1.165, 1.54) is 13.3 Å². The van der Waals surface area contributed by atoms with Gasteiger partial charge in [0.05, 0.1) is 7.11 Å². The largest absolute Gasteiger partial charge is 0.465 e. The van der Waals surface area contributed by atoms with E-state index in [2.05, 4.69) is 10.1 Å². The first kappa shape index (κ1) is 11.8. The quantitative estimate of drug-likeness (QED) is 0.469. The van der Waals surface area contributed by atoms with Gasteiger partial charge >= 0.3 is 5.97 Å². The van der Waals surface area contributed by atoms with Gasteiger partial charge in [0.15, 0.2) is 5.57 Å². The fourth-order valence-electron chi connectivity index (χ4n) is 1.11. The van der Waals surface area contributed by atoms with Gasteiger partial charge in [0.25, 0.3) is 0 Å². The van der Waals surface area contributed by atoms with Gasteiger partial charge in [-0.2, -0.15) is 5.26 Å². The zero-order chi connectivity index (χ0) is 11.8. The summed E-state index contributed by atoms with van der Waals surface area (Å²) in [5, 5.41) is 11.5. The molecule has 0 radical (unpaired) electrons. The second kappa shape index (κ2) is 6.25. The van der Waals surface area contributed by atoms with Crippen molar-refractivity contribution in [1.82, 2.24) is 5.32 Å². The minimum absolute atomic E-state index is 0.0431. The summed E-state index contributed by atoms with van der Waals surface area (Å²) in [4.78, 5) is 11.0. The molecule has 0 heterocycles. The number of methoxy groups -OCH3 is 1. The Morgan fingerprint density at radius 1 is 1.50 bits per heavy atom. The highest BCUT2D eigenvalue weighted by Crippen LogP contribution is 1.98. The molecule has 0 amide bonds. The first-order valence-electron chi connectivity index (χ1n) is 4.74. The van der Waals surface area contributed by atoms with Gasteiger partial charge in [0.2, 0.25) is 0 Å². The summed E-state index contributed by atoms with van der Waals surface area (Å²) in [5.74, 6) is -0.636. The Bertz CT molecular complexity index is 418. The smallest absolute Gasteiger partial charge is 0.350 e. The van der Waals surface area contributed by atoms with Crippen molar-refractivity contribution >= 4 is 5.97 Å². The predicted molar refractivity (Wildman–Crippen MR) is 59.0 cm³/mol.